The minimum atomic E-state index is -0.985. The van der Waals surface area contributed by atoms with Gasteiger partial charge < -0.3 is 20.1 Å². The van der Waals surface area contributed by atoms with E-state index in [4.69, 9.17) is 4.74 Å². The third kappa shape index (κ3) is 4.10. The number of hydrogen-bond donors (Lipinski definition) is 2. The van der Waals surface area contributed by atoms with Gasteiger partial charge in [0.1, 0.15) is 6.04 Å². The largest absolute Gasteiger partial charge is 0.480 e. The Balaban J connectivity index is 2.63. The van der Waals surface area contributed by atoms with Crippen LogP contribution in [0.15, 0.2) is 0 Å². The van der Waals surface area contributed by atoms with Gasteiger partial charge >= 0.3 is 12.0 Å². The summed E-state index contributed by atoms with van der Waals surface area (Å²) in [5.74, 6) is -0.673. The lowest BCUT2D eigenvalue weighted by molar-refractivity contribution is -0.140. The quantitative estimate of drug-likeness (QED) is 0.803. The molecule has 0 radical (unpaired) electrons. The van der Waals surface area contributed by atoms with Crippen molar-refractivity contribution in [2.75, 3.05) is 20.2 Å². The highest BCUT2D eigenvalue weighted by Gasteiger charge is 2.32. The number of nitrogens with zero attached hydrogens (tertiary/aromatic N) is 1. The summed E-state index contributed by atoms with van der Waals surface area (Å²) < 4.78 is 5.37. The normalized spacial score (nSPS) is 25.9. The maximum absolute atomic E-state index is 12.2. The second-order valence-corrected chi connectivity index (χ2v) is 5.64. The monoisotopic (exact) mass is 286 g/mol. The van der Waals surface area contributed by atoms with Crippen LogP contribution in [0.3, 0.4) is 0 Å². The summed E-state index contributed by atoms with van der Waals surface area (Å²) in [6.07, 6.45) is 1.59. The Morgan fingerprint density at radius 1 is 1.50 bits per heavy atom. The standard InChI is InChI=1S/C14H26N2O4/c1-5-9(2)12(13(17)18)15-14(19)16-7-6-10(3)11(8-16)20-4/h9-12H,5-8H2,1-4H3,(H,15,19)(H,17,18)/t9?,10?,11?,12-/m0/s1. The van der Waals surface area contributed by atoms with Gasteiger partial charge in [-0.1, -0.05) is 27.2 Å². The number of likely N-dealkylation sites (tertiary alicyclic amines) is 1. The number of urea groups is 1. The highest BCUT2D eigenvalue weighted by Crippen LogP contribution is 2.19. The molecule has 1 heterocycles. The zero-order chi connectivity index (χ0) is 15.3. The number of methoxy groups -OCH3 is 1. The highest BCUT2D eigenvalue weighted by atomic mass is 16.5. The summed E-state index contributed by atoms with van der Waals surface area (Å²) >= 11 is 0. The van der Waals surface area contributed by atoms with Crippen molar-refractivity contribution in [3.05, 3.63) is 0 Å². The molecule has 0 aromatic heterocycles. The molecule has 4 atom stereocenters. The Morgan fingerprint density at radius 3 is 2.65 bits per heavy atom. The third-order valence-electron chi connectivity index (χ3n) is 4.24. The summed E-state index contributed by atoms with van der Waals surface area (Å²) in [5.41, 5.74) is 0. The van der Waals surface area contributed by atoms with Crippen LogP contribution >= 0.6 is 0 Å². The van der Waals surface area contributed by atoms with E-state index in [-0.39, 0.29) is 18.1 Å². The molecule has 2 amide bonds. The number of carbonyl (C=O) groups excluding carboxylic acids is 1. The van der Waals surface area contributed by atoms with Gasteiger partial charge in [-0.25, -0.2) is 9.59 Å². The molecule has 0 aliphatic carbocycles. The lowest BCUT2D eigenvalue weighted by Gasteiger charge is -2.37. The predicted molar refractivity (Wildman–Crippen MR) is 75.6 cm³/mol. The Morgan fingerprint density at radius 2 is 2.15 bits per heavy atom. The molecule has 0 spiro atoms. The van der Waals surface area contributed by atoms with Gasteiger partial charge in [0, 0.05) is 20.2 Å². The first-order valence-electron chi connectivity index (χ1n) is 7.21. The summed E-state index contributed by atoms with van der Waals surface area (Å²) in [7, 11) is 1.64. The second-order valence-electron chi connectivity index (χ2n) is 5.64. The number of rotatable bonds is 5. The number of carbonyl (C=O) groups is 2. The topological polar surface area (TPSA) is 78.9 Å². The summed E-state index contributed by atoms with van der Waals surface area (Å²) in [5, 5.41) is 11.8. The van der Waals surface area contributed by atoms with E-state index >= 15 is 0 Å². The zero-order valence-corrected chi connectivity index (χ0v) is 12.8. The fourth-order valence-electron chi connectivity index (χ4n) is 2.43. The van der Waals surface area contributed by atoms with Crippen molar-refractivity contribution in [2.45, 2.75) is 45.8 Å². The molecule has 6 heteroatoms. The van der Waals surface area contributed by atoms with E-state index in [2.05, 4.69) is 12.2 Å². The molecule has 20 heavy (non-hydrogen) atoms. The van der Waals surface area contributed by atoms with Crippen molar-refractivity contribution in [1.29, 1.82) is 0 Å². The second kappa shape index (κ2) is 7.47. The SMILES string of the molecule is CCC(C)[C@H](NC(=O)N1CCC(C)C(OC)C1)C(=O)O. The number of amides is 2. The van der Waals surface area contributed by atoms with E-state index in [1.165, 1.54) is 0 Å². The summed E-state index contributed by atoms with van der Waals surface area (Å²) in [4.78, 5) is 25.1. The highest BCUT2D eigenvalue weighted by molar-refractivity contribution is 5.82. The van der Waals surface area contributed by atoms with Crippen molar-refractivity contribution in [2.24, 2.45) is 11.8 Å². The van der Waals surface area contributed by atoms with Crippen molar-refractivity contribution in [3.63, 3.8) is 0 Å². The van der Waals surface area contributed by atoms with E-state index < -0.39 is 12.0 Å². The van der Waals surface area contributed by atoms with Gasteiger partial charge in [-0.3, -0.25) is 0 Å². The van der Waals surface area contributed by atoms with Crippen molar-refractivity contribution < 1.29 is 19.4 Å². The van der Waals surface area contributed by atoms with Crippen LogP contribution in [-0.2, 0) is 9.53 Å². The maximum Gasteiger partial charge on any atom is 0.326 e. The van der Waals surface area contributed by atoms with Gasteiger partial charge in [0.2, 0.25) is 0 Å². The van der Waals surface area contributed by atoms with Gasteiger partial charge in [-0.2, -0.15) is 0 Å². The number of piperidine rings is 1. The number of aliphatic carboxylic acids is 1. The molecule has 0 saturated carbocycles. The Labute approximate surface area is 120 Å². The Bertz CT molecular complexity index is 348. The average Bonchev–Trinajstić information content (AvgIpc) is 2.43. The van der Waals surface area contributed by atoms with Crippen molar-refractivity contribution in [3.8, 4) is 0 Å². The fraction of sp³-hybridized carbons (Fsp3) is 0.857. The number of nitrogens with one attached hydrogen (secondary N) is 1. The Kier molecular flexibility index (Phi) is 6.26. The first-order chi connectivity index (χ1) is 9.40. The van der Waals surface area contributed by atoms with E-state index in [1.807, 2.05) is 13.8 Å². The van der Waals surface area contributed by atoms with Gasteiger partial charge in [-0.15, -0.1) is 0 Å². The number of ether oxygens (including phenoxy) is 1. The van der Waals surface area contributed by atoms with Crippen LogP contribution in [-0.4, -0.2) is 54.4 Å². The molecule has 1 aliphatic heterocycles. The van der Waals surface area contributed by atoms with E-state index in [1.54, 1.807) is 12.0 Å². The first kappa shape index (κ1) is 16.8. The molecule has 1 aliphatic rings. The van der Waals surface area contributed by atoms with Crippen LogP contribution in [0.4, 0.5) is 4.79 Å². The van der Waals surface area contributed by atoms with Gasteiger partial charge in [0.15, 0.2) is 0 Å². The molecule has 116 valence electrons. The molecule has 1 rings (SSSR count). The molecule has 0 aromatic rings. The third-order valence-corrected chi connectivity index (χ3v) is 4.24. The molecule has 3 unspecified atom stereocenters. The Hall–Kier alpha value is -1.30. The predicted octanol–water partition coefficient (Wildman–Crippen LogP) is 1.55. The van der Waals surface area contributed by atoms with Crippen LogP contribution in [0.25, 0.3) is 0 Å². The lowest BCUT2D eigenvalue weighted by atomic mass is 9.96. The van der Waals surface area contributed by atoms with Crippen LogP contribution in [0, 0.1) is 11.8 Å². The minimum absolute atomic E-state index is 0.0152. The molecule has 0 aromatic carbocycles. The van der Waals surface area contributed by atoms with Crippen molar-refractivity contribution >= 4 is 12.0 Å². The van der Waals surface area contributed by atoms with Gasteiger partial charge in [0.05, 0.1) is 6.10 Å². The number of carboxylic acids is 1. The molecule has 2 N–H and O–H groups in total. The van der Waals surface area contributed by atoms with Crippen LogP contribution in [0.2, 0.25) is 0 Å². The van der Waals surface area contributed by atoms with E-state index in [0.29, 0.717) is 25.4 Å². The van der Waals surface area contributed by atoms with E-state index in [9.17, 15) is 14.7 Å². The summed E-state index contributed by atoms with van der Waals surface area (Å²) in [6, 6.07) is -1.15. The van der Waals surface area contributed by atoms with Gasteiger partial charge in [-0.05, 0) is 18.3 Å². The van der Waals surface area contributed by atoms with E-state index in [0.717, 1.165) is 6.42 Å². The van der Waals surface area contributed by atoms with Gasteiger partial charge in [0.25, 0.3) is 0 Å². The maximum atomic E-state index is 12.2. The molecular weight excluding hydrogens is 260 g/mol. The molecule has 0 bridgehead atoms. The molecule has 6 nitrogen and oxygen atoms in total. The number of carboxylic acid groups (broad SMARTS) is 1. The first-order valence-corrected chi connectivity index (χ1v) is 7.21. The molecular formula is C14H26N2O4. The van der Waals surface area contributed by atoms with Crippen LogP contribution in [0.1, 0.15) is 33.6 Å². The zero-order valence-electron chi connectivity index (χ0n) is 12.8. The van der Waals surface area contributed by atoms with Crippen LogP contribution in [0.5, 0.6) is 0 Å². The lowest BCUT2D eigenvalue weighted by Crippen LogP contribution is -2.55. The minimum Gasteiger partial charge on any atom is -0.480 e. The fourth-order valence-corrected chi connectivity index (χ4v) is 2.43. The molecule has 1 saturated heterocycles. The average molecular weight is 286 g/mol. The summed E-state index contributed by atoms with van der Waals surface area (Å²) in [6.45, 7) is 6.99. The number of hydrogen-bond acceptors (Lipinski definition) is 3. The smallest absolute Gasteiger partial charge is 0.326 e. The van der Waals surface area contributed by atoms with Crippen LogP contribution < -0.4 is 5.32 Å². The van der Waals surface area contributed by atoms with Crippen molar-refractivity contribution in [1.82, 2.24) is 10.2 Å². The molecule has 1 fully saturated rings.